The molecule has 0 spiro atoms. The molecular formula is C28H36O8. The first-order valence-electron chi connectivity index (χ1n) is 11.9. The van der Waals surface area contributed by atoms with Gasteiger partial charge in [-0.05, 0) is 73.4 Å². The molecule has 3 atom stereocenters. The summed E-state index contributed by atoms with van der Waals surface area (Å²) in [5.41, 5.74) is 2.40. The van der Waals surface area contributed by atoms with E-state index in [-0.39, 0.29) is 17.9 Å². The molecular weight excluding hydrogens is 464 g/mol. The van der Waals surface area contributed by atoms with Crippen LogP contribution in [0.2, 0.25) is 0 Å². The van der Waals surface area contributed by atoms with Crippen molar-refractivity contribution in [2.45, 2.75) is 32.3 Å². The number of carbonyl (C=O) groups is 1. The summed E-state index contributed by atoms with van der Waals surface area (Å²) in [5.74, 6) is 2.49. The van der Waals surface area contributed by atoms with Crippen LogP contribution in [-0.4, -0.2) is 53.2 Å². The standard InChI is InChI=1S/C28H36O8/c1-17(28(29)30)8-7-9-21-20(12-18-10-11-22(31-2)23(13-18)32-3)16-36-26(21)19-14-24(33-4)27(35-6)25(15-19)34-5/h8,10-11,13-15,20-21,26H,7,9,12,16H2,1-6H3,(H,29,30)/b17-8-/t20-,21+,26+/m0/s1. The first kappa shape index (κ1) is 27.2. The van der Waals surface area contributed by atoms with Crippen molar-refractivity contribution in [2.75, 3.05) is 42.2 Å². The summed E-state index contributed by atoms with van der Waals surface area (Å²) >= 11 is 0. The van der Waals surface area contributed by atoms with Gasteiger partial charge in [-0.25, -0.2) is 4.79 Å². The molecule has 2 aromatic carbocycles. The Morgan fingerprint density at radius 3 is 2.14 bits per heavy atom. The Kier molecular flexibility index (Phi) is 9.47. The number of hydrogen-bond donors (Lipinski definition) is 1. The fraction of sp³-hybridized carbons (Fsp3) is 0.464. The second kappa shape index (κ2) is 12.5. The molecule has 1 aliphatic rings. The van der Waals surface area contributed by atoms with Crippen LogP contribution in [-0.2, 0) is 16.0 Å². The fourth-order valence-electron chi connectivity index (χ4n) is 4.82. The Balaban J connectivity index is 1.93. The molecule has 0 amide bonds. The van der Waals surface area contributed by atoms with Crippen LogP contribution in [0.25, 0.3) is 0 Å². The van der Waals surface area contributed by atoms with Crippen LogP contribution >= 0.6 is 0 Å². The molecule has 36 heavy (non-hydrogen) atoms. The maximum Gasteiger partial charge on any atom is 0.330 e. The zero-order valence-electron chi connectivity index (χ0n) is 21.8. The lowest BCUT2D eigenvalue weighted by Gasteiger charge is -2.24. The number of methoxy groups -OCH3 is 5. The van der Waals surface area contributed by atoms with Crippen LogP contribution in [0.15, 0.2) is 42.0 Å². The molecule has 8 nitrogen and oxygen atoms in total. The van der Waals surface area contributed by atoms with Gasteiger partial charge in [-0.15, -0.1) is 0 Å². The SMILES string of the molecule is COc1ccc(C[C@H]2CO[C@H](c3cc(OC)c(OC)c(OC)c3)[C@@H]2CC/C=C(/C)C(=O)O)cc1OC. The highest BCUT2D eigenvalue weighted by molar-refractivity contribution is 5.85. The minimum atomic E-state index is -0.902. The van der Waals surface area contributed by atoms with E-state index in [1.54, 1.807) is 48.5 Å². The molecule has 0 bridgehead atoms. The van der Waals surface area contributed by atoms with Crippen molar-refractivity contribution in [2.24, 2.45) is 11.8 Å². The van der Waals surface area contributed by atoms with Gasteiger partial charge in [-0.1, -0.05) is 12.1 Å². The summed E-state index contributed by atoms with van der Waals surface area (Å²) in [6.07, 6.45) is 3.76. The quantitative estimate of drug-likeness (QED) is 0.403. The third-order valence-corrected chi connectivity index (χ3v) is 6.73. The van der Waals surface area contributed by atoms with Gasteiger partial charge in [-0.3, -0.25) is 0 Å². The molecule has 1 heterocycles. The highest BCUT2D eigenvalue weighted by atomic mass is 16.5. The molecule has 0 radical (unpaired) electrons. The highest BCUT2D eigenvalue weighted by Gasteiger charge is 2.38. The second-order valence-corrected chi connectivity index (χ2v) is 8.80. The van der Waals surface area contributed by atoms with Crippen LogP contribution in [0.5, 0.6) is 28.7 Å². The lowest BCUT2D eigenvalue weighted by atomic mass is 9.80. The fourth-order valence-corrected chi connectivity index (χ4v) is 4.82. The maximum absolute atomic E-state index is 11.3. The molecule has 1 N–H and O–H groups in total. The minimum absolute atomic E-state index is 0.138. The van der Waals surface area contributed by atoms with Crippen LogP contribution in [0.3, 0.4) is 0 Å². The third kappa shape index (κ3) is 6.05. The van der Waals surface area contributed by atoms with Gasteiger partial charge >= 0.3 is 5.97 Å². The Morgan fingerprint density at radius 1 is 0.944 bits per heavy atom. The monoisotopic (exact) mass is 500 g/mol. The summed E-state index contributed by atoms with van der Waals surface area (Å²) in [6.45, 7) is 2.19. The van der Waals surface area contributed by atoms with E-state index in [0.29, 0.717) is 47.3 Å². The summed E-state index contributed by atoms with van der Waals surface area (Å²) in [5, 5.41) is 9.25. The van der Waals surface area contributed by atoms with E-state index in [2.05, 4.69) is 0 Å². The van der Waals surface area contributed by atoms with Gasteiger partial charge in [0, 0.05) is 5.57 Å². The topological polar surface area (TPSA) is 92.7 Å². The number of aliphatic carboxylic acids is 1. The first-order chi connectivity index (χ1) is 17.4. The largest absolute Gasteiger partial charge is 0.493 e. The van der Waals surface area contributed by atoms with Crippen molar-refractivity contribution in [1.82, 2.24) is 0 Å². The van der Waals surface area contributed by atoms with Gasteiger partial charge in [-0.2, -0.15) is 0 Å². The van der Waals surface area contributed by atoms with Crippen LogP contribution in [0, 0.1) is 11.8 Å². The molecule has 8 heteroatoms. The second-order valence-electron chi connectivity index (χ2n) is 8.80. The van der Waals surface area contributed by atoms with Gasteiger partial charge < -0.3 is 33.5 Å². The van der Waals surface area contributed by atoms with Crippen molar-refractivity contribution in [3.63, 3.8) is 0 Å². The van der Waals surface area contributed by atoms with Crippen LogP contribution < -0.4 is 23.7 Å². The molecule has 0 unspecified atom stereocenters. The average Bonchev–Trinajstić information content (AvgIpc) is 3.29. The number of hydrogen-bond acceptors (Lipinski definition) is 7. The van der Waals surface area contributed by atoms with Crippen molar-refractivity contribution in [1.29, 1.82) is 0 Å². The van der Waals surface area contributed by atoms with Gasteiger partial charge in [0.25, 0.3) is 0 Å². The predicted molar refractivity (Wildman–Crippen MR) is 136 cm³/mol. The molecule has 1 aliphatic heterocycles. The zero-order valence-corrected chi connectivity index (χ0v) is 21.8. The third-order valence-electron chi connectivity index (χ3n) is 6.73. The lowest BCUT2D eigenvalue weighted by molar-refractivity contribution is -0.132. The molecule has 1 fully saturated rings. The predicted octanol–water partition coefficient (Wildman–Crippen LogP) is 5.09. The lowest BCUT2D eigenvalue weighted by Crippen LogP contribution is -2.18. The molecule has 196 valence electrons. The summed E-state index contributed by atoms with van der Waals surface area (Å²) in [6, 6.07) is 9.80. The Labute approximate surface area is 212 Å². The number of carboxylic acid groups (broad SMARTS) is 1. The molecule has 0 saturated carbocycles. The number of ether oxygens (including phenoxy) is 6. The first-order valence-corrected chi connectivity index (χ1v) is 11.9. The molecule has 0 aliphatic carbocycles. The zero-order chi connectivity index (χ0) is 26.2. The Bertz CT molecular complexity index is 1050. The van der Waals surface area contributed by atoms with E-state index >= 15 is 0 Å². The number of rotatable bonds is 12. The van der Waals surface area contributed by atoms with Gasteiger partial charge in [0.05, 0.1) is 48.3 Å². The Morgan fingerprint density at radius 2 is 1.58 bits per heavy atom. The smallest absolute Gasteiger partial charge is 0.330 e. The maximum atomic E-state index is 11.3. The summed E-state index contributed by atoms with van der Waals surface area (Å²) in [7, 11) is 8.00. The summed E-state index contributed by atoms with van der Waals surface area (Å²) < 4.78 is 33.8. The number of benzene rings is 2. The van der Waals surface area contributed by atoms with Crippen LogP contribution in [0.4, 0.5) is 0 Å². The molecule has 2 aromatic rings. The van der Waals surface area contributed by atoms with Crippen molar-refractivity contribution in [3.05, 3.63) is 53.1 Å². The highest BCUT2D eigenvalue weighted by Crippen LogP contribution is 2.47. The minimum Gasteiger partial charge on any atom is -0.493 e. The molecule has 0 aromatic heterocycles. The molecule has 3 rings (SSSR count). The van der Waals surface area contributed by atoms with Crippen LogP contribution in [0.1, 0.15) is 37.0 Å². The van der Waals surface area contributed by atoms with E-state index in [0.717, 1.165) is 24.0 Å². The van der Waals surface area contributed by atoms with Gasteiger partial charge in [0.1, 0.15) is 0 Å². The number of carboxylic acids is 1. The van der Waals surface area contributed by atoms with Crippen molar-refractivity contribution in [3.8, 4) is 28.7 Å². The normalized spacial score (nSPS) is 19.6. The van der Waals surface area contributed by atoms with Gasteiger partial charge in [0.2, 0.25) is 5.75 Å². The van der Waals surface area contributed by atoms with Crippen molar-refractivity contribution >= 4 is 5.97 Å². The summed E-state index contributed by atoms with van der Waals surface area (Å²) in [4.78, 5) is 11.3. The Hall–Kier alpha value is -3.39. The van der Waals surface area contributed by atoms with Gasteiger partial charge in [0.15, 0.2) is 23.0 Å². The molecule has 1 saturated heterocycles. The van der Waals surface area contributed by atoms with E-state index in [4.69, 9.17) is 28.4 Å². The average molecular weight is 501 g/mol. The van der Waals surface area contributed by atoms with E-state index in [9.17, 15) is 9.90 Å². The number of allylic oxidation sites excluding steroid dienone is 1. The van der Waals surface area contributed by atoms with Crippen molar-refractivity contribution < 1.29 is 38.3 Å². The van der Waals surface area contributed by atoms with E-state index < -0.39 is 5.97 Å². The van der Waals surface area contributed by atoms with E-state index in [1.165, 1.54) is 0 Å². The van der Waals surface area contributed by atoms with E-state index in [1.807, 2.05) is 30.3 Å².